The van der Waals surface area contributed by atoms with Crippen LogP contribution in [-0.4, -0.2) is 34.0 Å². The topological polar surface area (TPSA) is 77.8 Å². The predicted molar refractivity (Wildman–Crippen MR) is 134 cm³/mol. The summed E-state index contributed by atoms with van der Waals surface area (Å²) in [6, 6.07) is 0. The number of aliphatic hydroxyl groups excluding tert-OH is 2. The first-order valence-electron chi connectivity index (χ1n) is 13.9. The highest BCUT2D eigenvalue weighted by atomic mass is 16.4. The van der Waals surface area contributed by atoms with E-state index in [0.717, 1.165) is 64.2 Å². The van der Waals surface area contributed by atoms with E-state index in [-0.39, 0.29) is 45.7 Å². The SMILES string of the molecule is CC1(C)CC[C@]2(C(=O)O)CC[C@]3(C)C(=CC[C@@H]4[C@@]5(CO)CC[C@@H](O)C(C)(C)[C@@H]5CC[C@]43C)[C@@H]2C1. The molecule has 8 atom stereocenters. The maximum Gasteiger partial charge on any atom is 0.310 e. The number of carboxylic acid groups (broad SMARTS) is 1. The van der Waals surface area contributed by atoms with E-state index in [1.807, 2.05) is 0 Å². The van der Waals surface area contributed by atoms with Gasteiger partial charge in [-0.25, -0.2) is 0 Å². The molecule has 0 aromatic rings. The van der Waals surface area contributed by atoms with E-state index >= 15 is 0 Å². The molecule has 4 heteroatoms. The van der Waals surface area contributed by atoms with Crippen LogP contribution in [0.4, 0.5) is 0 Å². The Kier molecular flexibility index (Phi) is 5.36. The first-order valence-corrected chi connectivity index (χ1v) is 13.9. The Morgan fingerprint density at radius 2 is 1.62 bits per heavy atom. The second-order valence-corrected chi connectivity index (χ2v) is 14.9. The fraction of sp³-hybridized carbons (Fsp3) is 0.900. The quantitative estimate of drug-likeness (QED) is 0.418. The lowest BCUT2D eigenvalue weighted by Crippen LogP contribution is -2.66. The number of aliphatic hydroxyl groups is 2. The molecule has 0 aromatic heterocycles. The summed E-state index contributed by atoms with van der Waals surface area (Å²) in [6.07, 6.45) is 11.4. The molecule has 0 aromatic carbocycles. The second kappa shape index (κ2) is 7.34. The van der Waals surface area contributed by atoms with E-state index in [0.29, 0.717) is 11.8 Å². The van der Waals surface area contributed by atoms with Gasteiger partial charge in [-0.3, -0.25) is 4.79 Å². The maximum atomic E-state index is 12.8. The molecular formula is C30H48O4. The normalized spacial score (nSPS) is 51.2. The van der Waals surface area contributed by atoms with Crippen molar-refractivity contribution in [2.24, 2.45) is 50.2 Å². The van der Waals surface area contributed by atoms with Gasteiger partial charge in [-0.15, -0.1) is 0 Å². The van der Waals surface area contributed by atoms with Crippen LogP contribution in [0.1, 0.15) is 106 Å². The third kappa shape index (κ3) is 2.88. The van der Waals surface area contributed by atoms with Gasteiger partial charge in [0.1, 0.15) is 0 Å². The summed E-state index contributed by atoms with van der Waals surface area (Å²) in [5, 5.41) is 32.4. The van der Waals surface area contributed by atoms with Crippen molar-refractivity contribution in [3.05, 3.63) is 11.6 Å². The molecule has 0 heterocycles. The highest BCUT2D eigenvalue weighted by molar-refractivity contribution is 5.76. The Hall–Kier alpha value is -0.870. The molecule has 0 radical (unpaired) electrons. The molecule has 0 spiro atoms. The van der Waals surface area contributed by atoms with Gasteiger partial charge in [0.05, 0.1) is 11.5 Å². The summed E-state index contributed by atoms with van der Waals surface area (Å²) in [4.78, 5) is 12.8. The van der Waals surface area contributed by atoms with Gasteiger partial charge in [-0.2, -0.15) is 0 Å². The number of allylic oxidation sites excluding steroid dienone is 2. The van der Waals surface area contributed by atoms with Crippen LogP contribution in [0.2, 0.25) is 0 Å². The van der Waals surface area contributed by atoms with Gasteiger partial charge in [0, 0.05) is 12.0 Å². The Labute approximate surface area is 206 Å². The first-order chi connectivity index (χ1) is 15.7. The first kappa shape index (κ1) is 24.8. The smallest absolute Gasteiger partial charge is 0.310 e. The Morgan fingerprint density at radius 3 is 2.26 bits per heavy atom. The van der Waals surface area contributed by atoms with Gasteiger partial charge >= 0.3 is 5.97 Å². The Morgan fingerprint density at radius 1 is 0.941 bits per heavy atom. The Bertz CT molecular complexity index is 903. The van der Waals surface area contributed by atoms with Crippen LogP contribution in [0.5, 0.6) is 0 Å². The maximum absolute atomic E-state index is 12.8. The molecule has 4 nitrogen and oxygen atoms in total. The molecule has 5 aliphatic carbocycles. The molecule has 0 unspecified atom stereocenters. The van der Waals surface area contributed by atoms with Crippen LogP contribution in [0.3, 0.4) is 0 Å². The molecule has 4 saturated carbocycles. The van der Waals surface area contributed by atoms with Crippen molar-refractivity contribution in [3.8, 4) is 0 Å². The molecule has 4 fully saturated rings. The zero-order valence-electron chi connectivity index (χ0n) is 22.4. The number of carbonyl (C=O) groups is 1. The summed E-state index contributed by atoms with van der Waals surface area (Å²) < 4.78 is 0. The third-order valence-corrected chi connectivity index (χ3v) is 13.1. The molecule has 192 valence electrons. The fourth-order valence-electron chi connectivity index (χ4n) is 10.6. The van der Waals surface area contributed by atoms with Crippen molar-refractivity contribution in [2.45, 2.75) is 112 Å². The summed E-state index contributed by atoms with van der Waals surface area (Å²) >= 11 is 0. The summed E-state index contributed by atoms with van der Waals surface area (Å²) in [5.74, 6) is 0.235. The van der Waals surface area contributed by atoms with E-state index < -0.39 is 11.4 Å². The number of hydrogen-bond acceptors (Lipinski definition) is 3. The molecule has 0 bridgehead atoms. The fourth-order valence-corrected chi connectivity index (χ4v) is 10.6. The molecule has 0 aliphatic heterocycles. The number of rotatable bonds is 2. The molecule has 5 rings (SSSR count). The monoisotopic (exact) mass is 472 g/mol. The largest absolute Gasteiger partial charge is 0.481 e. The van der Waals surface area contributed by atoms with Crippen molar-refractivity contribution in [3.63, 3.8) is 0 Å². The van der Waals surface area contributed by atoms with E-state index in [4.69, 9.17) is 0 Å². The second-order valence-electron chi connectivity index (χ2n) is 14.9. The number of carboxylic acids is 1. The van der Waals surface area contributed by atoms with Crippen LogP contribution in [0.15, 0.2) is 11.6 Å². The number of aliphatic carboxylic acids is 1. The predicted octanol–water partition coefficient (Wildman–Crippen LogP) is 6.21. The van der Waals surface area contributed by atoms with Crippen LogP contribution >= 0.6 is 0 Å². The van der Waals surface area contributed by atoms with Crippen molar-refractivity contribution in [2.75, 3.05) is 6.61 Å². The average molecular weight is 473 g/mol. The number of fused-ring (bicyclic) bond motifs is 7. The summed E-state index contributed by atoms with van der Waals surface area (Å²) in [6.45, 7) is 14.2. The van der Waals surface area contributed by atoms with Gasteiger partial charge < -0.3 is 15.3 Å². The minimum Gasteiger partial charge on any atom is -0.481 e. The lowest BCUT2D eigenvalue weighted by Gasteiger charge is -2.71. The van der Waals surface area contributed by atoms with Gasteiger partial charge in [-0.1, -0.05) is 53.2 Å². The minimum absolute atomic E-state index is 0.0275. The summed E-state index contributed by atoms with van der Waals surface area (Å²) in [7, 11) is 0. The zero-order chi connectivity index (χ0) is 24.9. The van der Waals surface area contributed by atoms with Crippen LogP contribution in [-0.2, 0) is 4.79 Å². The van der Waals surface area contributed by atoms with E-state index in [1.165, 1.54) is 5.57 Å². The highest BCUT2D eigenvalue weighted by Crippen LogP contribution is 2.75. The van der Waals surface area contributed by atoms with Gasteiger partial charge in [-0.05, 0) is 104 Å². The van der Waals surface area contributed by atoms with Gasteiger partial charge in [0.15, 0.2) is 0 Å². The Balaban J connectivity index is 1.62. The average Bonchev–Trinajstić information content (AvgIpc) is 2.76. The van der Waals surface area contributed by atoms with Gasteiger partial charge in [0.2, 0.25) is 0 Å². The van der Waals surface area contributed by atoms with Gasteiger partial charge in [0.25, 0.3) is 0 Å². The van der Waals surface area contributed by atoms with E-state index in [1.54, 1.807) is 0 Å². The van der Waals surface area contributed by atoms with E-state index in [2.05, 4.69) is 47.6 Å². The van der Waals surface area contributed by atoms with E-state index in [9.17, 15) is 20.1 Å². The highest BCUT2D eigenvalue weighted by Gasteiger charge is 2.70. The standard InChI is InChI=1S/C30H48O4/c1-25(2)13-15-29(24(33)34)16-14-27(5)19(20(29)17-25)7-8-22-28(27,6)11-9-21-26(3,4)23(32)10-12-30(21,22)18-31/h7,20-23,31-32H,8-18H2,1-6H3,(H,33,34)/t20-,21-,22-,23+,27+,28+,29-,30+/m0/s1. The zero-order valence-corrected chi connectivity index (χ0v) is 22.4. The van der Waals surface area contributed by atoms with Crippen LogP contribution < -0.4 is 0 Å². The van der Waals surface area contributed by atoms with Crippen LogP contribution in [0.25, 0.3) is 0 Å². The molecule has 0 amide bonds. The van der Waals surface area contributed by atoms with Crippen molar-refractivity contribution in [1.82, 2.24) is 0 Å². The molecular weight excluding hydrogens is 424 g/mol. The van der Waals surface area contributed by atoms with Crippen molar-refractivity contribution in [1.29, 1.82) is 0 Å². The van der Waals surface area contributed by atoms with Crippen LogP contribution in [0, 0.1) is 50.2 Å². The molecule has 34 heavy (non-hydrogen) atoms. The van der Waals surface area contributed by atoms with Crippen molar-refractivity contribution < 1.29 is 20.1 Å². The van der Waals surface area contributed by atoms with Crippen molar-refractivity contribution >= 4 is 5.97 Å². The minimum atomic E-state index is -0.604. The molecule has 0 saturated heterocycles. The number of hydrogen-bond donors (Lipinski definition) is 3. The third-order valence-electron chi connectivity index (χ3n) is 13.1. The molecule has 5 aliphatic rings. The molecule has 3 N–H and O–H groups in total. The summed E-state index contributed by atoms with van der Waals surface area (Å²) in [5.41, 5.74) is 0.677. The lowest BCUT2D eigenvalue weighted by molar-refractivity contribution is -0.223. The lowest BCUT2D eigenvalue weighted by atomic mass is 9.33.